The standard InChI is InChI=1S/C53H72F4N6O13S/c1-2-12-63(53(65)41-36-46-45(10-34-77-46)62-47(59)37-41)13-5-11-60-48(61-42-7-3-6-40(35-42)39-58)8-4-14-66-16-18-68-20-22-70-24-26-72-28-30-74-32-33-75-31-29-73-27-25-71-23-21-69-19-17-67-15-9-49(64)76-52-50(56)43(54)38-44(55)51(52)57/h3,6-7,10,34-36,38H,2,4-5,8-9,11-33,37H2,1H3,(H2,59,62)(H,60,61). The average molecular weight is 1110 g/mol. The van der Waals surface area contributed by atoms with Crippen molar-refractivity contribution in [2.75, 3.05) is 157 Å². The van der Waals surface area contributed by atoms with Gasteiger partial charge < -0.3 is 68.1 Å². The average Bonchev–Trinajstić information content (AvgIpc) is 3.79. The number of nitrogens with zero attached hydrogens (tertiary/aromatic N) is 4. The molecule has 19 nitrogen and oxygen atoms in total. The van der Waals surface area contributed by atoms with Gasteiger partial charge in [0.2, 0.25) is 23.3 Å². The van der Waals surface area contributed by atoms with E-state index >= 15 is 0 Å². The molecule has 77 heavy (non-hydrogen) atoms. The maximum Gasteiger partial charge on any atom is 0.313 e. The molecule has 0 bridgehead atoms. The highest BCUT2D eigenvalue weighted by molar-refractivity contribution is 7.11. The molecule has 426 valence electrons. The summed E-state index contributed by atoms with van der Waals surface area (Å²) in [7, 11) is 0. The van der Waals surface area contributed by atoms with Gasteiger partial charge in [0.25, 0.3) is 0 Å². The second kappa shape index (κ2) is 39.9. The summed E-state index contributed by atoms with van der Waals surface area (Å²) in [6, 6.07) is 11.4. The molecule has 2 heterocycles. The third-order valence-electron chi connectivity index (χ3n) is 10.6. The number of benzene rings is 2. The monoisotopic (exact) mass is 1110 g/mol. The Hall–Kier alpha value is -5.43. The van der Waals surface area contributed by atoms with Gasteiger partial charge in [0, 0.05) is 56.4 Å². The lowest BCUT2D eigenvalue weighted by Gasteiger charge is -2.23. The van der Waals surface area contributed by atoms with Crippen LogP contribution in [0.3, 0.4) is 0 Å². The zero-order valence-corrected chi connectivity index (χ0v) is 44.5. The first-order valence-corrected chi connectivity index (χ1v) is 26.5. The number of carbonyl (C=O) groups is 2. The minimum atomic E-state index is -1.80. The number of fused-ring (bicyclic) bond motifs is 1. The fraction of sp³-hybridized carbons (Fsp3) is 0.566. The van der Waals surface area contributed by atoms with Crippen molar-refractivity contribution in [1.29, 1.82) is 5.26 Å². The van der Waals surface area contributed by atoms with Crippen LogP contribution >= 0.6 is 11.3 Å². The van der Waals surface area contributed by atoms with E-state index < -0.39 is 41.4 Å². The van der Waals surface area contributed by atoms with Crippen LogP contribution in [-0.2, 0) is 57.0 Å². The van der Waals surface area contributed by atoms with E-state index in [2.05, 4.69) is 28.0 Å². The van der Waals surface area contributed by atoms with E-state index in [1.807, 2.05) is 34.6 Å². The Balaban J connectivity index is 0.892. The Labute approximate surface area is 451 Å². The summed E-state index contributed by atoms with van der Waals surface area (Å²) in [5.74, 6) is -8.36. The number of nitrogens with two attached hydrogens (primary N) is 1. The second-order valence-corrected chi connectivity index (χ2v) is 17.6. The van der Waals surface area contributed by atoms with Crippen LogP contribution in [0.1, 0.15) is 55.9 Å². The summed E-state index contributed by atoms with van der Waals surface area (Å²) in [4.78, 5) is 37.5. The van der Waals surface area contributed by atoms with Crippen LogP contribution in [0, 0.1) is 34.6 Å². The molecule has 1 amide bonds. The van der Waals surface area contributed by atoms with Gasteiger partial charge in [-0.15, -0.1) is 11.3 Å². The Morgan fingerprint density at radius 2 is 1.22 bits per heavy atom. The molecule has 3 aromatic rings. The van der Waals surface area contributed by atoms with Crippen LogP contribution in [0.15, 0.2) is 57.3 Å². The number of thiophene rings is 1. The van der Waals surface area contributed by atoms with Gasteiger partial charge in [-0.05, 0) is 55.0 Å². The molecule has 0 aliphatic carbocycles. The molecule has 0 saturated heterocycles. The van der Waals surface area contributed by atoms with E-state index in [1.165, 1.54) is 11.3 Å². The largest absolute Gasteiger partial charge is 0.420 e. The summed E-state index contributed by atoms with van der Waals surface area (Å²) in [5.41, 5.74) is 8.92. The van der Waals surface area contributed by atoms with E-state index in [4.69, 9.17) is 58.1 Å². The van der Waals surface area contributed by atoms with Crippen molar-refractivity contribution in [3.8, 4) is 11.8 Å². The fourth-order valence-corrected chi connectivity index (χ4v) is 7.70. The van der Waals surface area contributed by atoms with Crippen LogP contribution < -0.4 is 15.8 Å². The first-order chi connectivity index (χ1) is 37.6. The molecule has 1 aromatic heterocycles. The summed E-state index contributed by atoms with van der Waals surface area (Å²) < 4.78 is 113. The molecule has 0 fully saturated rings. The highest BCUT2D eigenvalue weighted by Crippen LogP contribution is 2.32. The molecule has 3 N–H and O–H groups in total. The fourth-order valence-electron chi connectivity index (χ4n) is 6.91. The Morgan fingerprint density at radius 3 is 1.74 bits per heavy atom. The lowest BCUT2D eigenvalue weighted by molar-refractivity contribution is -0.136. The second-order valence-electron chi connectivity index (χ2n) is 16.7. The molecule has 0 atom stereocenters. The van der Waals surface area contributed by atoms with E-state index in [1.54, 1.807) is 12.1 Å². The molecule has 1 aliphatic heterocycles. The number of aliphatic imine (C=N–C) groups is 2. The van der Waals surface area contributed by atoms with Crippen LogP contribution in [0.4, 0.5) is 28.9 Å². The summed E-state index contributed by atoms with van der Waals surface area (Å²) in [6.45, 7) is 10.8. The first-order valence-electron chi connectivity index (χ1n) is 25.6. The van der Waals surface area contributed by atoms with Gasteiger partial charge in [-0.1, -0.05) is 13.0 Å². The van der Waals surface area contributed by atoms with Crippen LogP contribution in [0.5, 0.6) is 5.75 Å². The molecular weight excluding hydrogens is 1040 g/mol. The number of hydrogen-bond donors (Lipinski definition) is 2. The summed E-state index contributed by atoms with van der Waals surface area (Å²) in [5, 5.41) is 14.7. The van der Waals surface area contributed by atoms with E-state index in [0.717, 1.165) is 34.9 Å². The van der Waals surface area contributed by atoms with Gasteiger partial charge >= 0.3 is 5.97 Å². The molecule has 0 unspecified atom stereocenters. The van der Waals surface area contributed by atoms with Gasteiger partial charge in [0.15, 0.2) is 11.6 Å². The SMILES string of the molecule is CCCN(CCCN=C(CCCOCCOCCOCCOCCOCCOCCOCCOCCOCCOCCC(=O)Oc1c(F)c(F)cc(F)c1F)Nc1cccc(C#N)c1)C(=O)C1=Cc2sccc2N=C(N)C1. The number of anilines is 1. The van der Waals surface area contributed by atoms with Gasteiger partial charge in [-0.25, -0.2) is 13.8 Å². The number of nitrogens with one attached hydrogen (secondary N) is 1. The maximum absolute atomic E-state index is 13.6. The van der Waals surface area contributed by atoms with Crippen LogP contribution in [-0.4, -0.2) is 180 Å². The topological polar surface area (TPSA) is 225 Å². The van der Waals surface area contributed by atoms with Crippen molar-refractivity contribution in [2.24, 2.45) is 15.7 Å². The van der Waals surface area contributed by atoms with Crippen molar-refractivity contribution < 1.29 is 79.3 Å². The van der Waals surface area contributed by atoms with Crippen molar-refractivity contribution >= 4 is 52.3 Å². The predicted molar refractivity (Wildman–Crippen MR) is 281 cm³/mol. The minimum Gasteiger partial charge on any atom is -0.420 e. The quantitative estimate of drug-likeness (QED) is 0.0110. The summed E-state index contributed by atoms with van der Waals surface area (Å²) >= 11 is 1.54. The number of nitriles is 1. The van der Waals surface area contributed by atoms with Crippen molar-refractivity contribution in [3.05, 3.63) is 81.1 Å². The van der Waals surface area contributed by atoms with E-state index in [9.17, 15) is 32.4 Å². The van der Waals surface area contributed by atoms with Crippen molar-refractivity contribution in [1.82, 2.24) is 4.90 Å². The Kier molecular flexibility index (Phi) is 33.2. The zero-order valence-electron chi connectivity index (χ0n) is 43.7. The highest BCUT2D eigenvalue weighted by Gasteiger charge is 2.24. The molecule has 0 radical (unpaired) electrons. The van der Waals surface area contributed by atoms with E-state index in [-0.39, 0.29) is 38.4 Å². The third kappa shape index (κ3) is 27.1. The molecular formula is C53H72F4N6O13S. The number of carbonyl (C=O) groups excluding carboxylic acids is 2. The first kappa shape index (κ1) is 64.1. The van der Waals surface area contributed by atoms with Gasteiger partial charge in [-0.3, -0.25) is 14.6 Å². The lowest BCUT2D eigenvalue weighted by Crippen LogP contribution is -2.35. The maximum atomic E-state index is 13.6. The molecule has 4 rings (SSSR count). The number of rotatable bonds is 43. The predicted octanol–water partition coefficient (Wildman–Crippen LogP) is 7.03. The normalized spacial score (nSPS) is 12.4. The zero-order chi connectivity index (χ0) is 55.1. The number of hydrogen-bond acceptors (Lipinski definition) is 18. The van der Waals surface area contributed by atoms with Crippen molar-refractivity contribution in [3.63, 3.8) is 0 Å². The molecule has 1 aliphatic rings. The van der Waals surface area contributed by atoms with Crippen LogP contribution in [0.25, 0.3) is 6.08 Å². The third-order valence-corrected chi connectivity index (χ3v) is 11.5. The minimum absolute atomic E-state index is 0.0159. The molecule has 2 aromatic carbocycles. The number of amides is 1. The molecule has 0 saturated carbocycles. The van der Waals surface area contributed by atoms with E-state index in [0.29, 0.717) is 162 Å². The Morgan fingerprint density at radius 1 is 0.701 bits per heavy atom. The van der Waals surface area contributed by atoms with Gasteiger partial charge in [-0.2, -0.15) is 14.0 Å². The van der Waals surface area contributed by atoms with Crippen molar-refractivity contribution in [2.45, 2.75) is 45.4 Å². The number of ether oxygens (including phenoxy) is 11. The number of esters is 1. The number of amidine groups is 2. The van der Waals surface area contributed by atoms with Gasteiger partial charge in [0.1, 0.15) is 11.7 Å². The summed E-state index contributed by atoms with van der Waals surface area (Å²) in [6.07, 6.45) is 4.66. The molecule has 24 heteroatoms. The Bertz CT molecular complexity index is 2300. The van der Waals surface area contributed by atoms with Gasteiger partial charge in [0.05, 0.1) is 154 Å². The number of halogens is 4. The van der Waals surface area contributed by atoms with Crippen LogP contribution in [0.2, 0.25) is 0 Å². The lowest BCUT2D eigenvalue weighted by atomic mass is 10.1. The highest BCUT2D eigenvalue weighted by atomic mass is 32.1. The smallest absolute Gasteiger partial charge is 0.313 e. The molecule has 0 spiro atoms.